The Morgan fingerprint density at radius 1 is 0.970 bits per heavy atom. The van der Waals surface area contributed by atoms with Crippen LogP contribution in [0.4, 0.5) is 5.82 Å². The SMILES string of the molecule is CCc1nc(N2CCN(C(=O)c3ccc(Cl)cc3)CC2)c2c(C)nn(-c3ccccc3)c2n1. The van der Waals surface area contributed by atoms with Crippen molar-refractivity contribution in [3.63, 3.8) is 0 Å². The fraction of sp³-hybridized carbons (Fsp3) is 0.280. The Morgan fingerprint density at radius 2 is 1.67 bits per heavy atom. The lowest BCUT2D eigenvalue weighted by molar-refractivity contribution is 0.0746. The maximum absolute atomic E-state index is 12.9. The van der Waals surface area contributed by atoms with E-state index in [1.54, 1.807) is 24.3 Å². The van der Waals surface area contributed by atoms with E-state index in [2.05, 4.69) is 11.8 Å². The number of aromatic nitrogens is 4. The highest BCUT2D eigenvalue weighted by Gasteiger charge is 2.26. The van der Waals surface area contributed by atoms with E-state index in [4.69, 9.17) is 26.7 Å². The van der Waals surface area contributed by atoms with Gasteiger partial charge in [0.25, 0.3) is 5.91 Å². The van der Waals surface area contributed by atoms with Gasteiger partial charge in [-0.05, 0) is 43.3 Å². The highest BCUT2D eigenvalue weighted by atomic mass is 35.5. The van der Waals surface area contributed by atoms with Gasteiger partial charge in [-0.2, -0.15) is 5.10 Å². The lowest BCUT2D eigenvalue weighted by Gasteiger charge is -2.35. The van der Waals surface area contributed by atoms with Crippen molar-refractivity contribution in [1.29, 1.82) is 0 Å². The van der Waals surface area contributed by atoms with Gasteiger partial charge in [0.2, 0.25) is 0 Å². The molecule has 0 atom stereocenters. The summed E-state index contributed by atoms with van der Waals surface area (Å²) in [6, 6.07) is 17.1. The molecule has 33 heavy (non-hydrogen) atoms. The number of aryl methyl sites for hydroxylation is 2. The van der Waals surface area contributed by atoms with Crippen LogP contribution in [-0.2, 0) is 6.42 Å². The quantitative estimate of drug-likeness (QED) is 0.454. The van der Waals surface area contributed by atoms with E-state index < -0.39 is 0 Å². The molecule has 7 nitrogen and oxygen atoms in total. The molecular weight excluding hydrogens is 436 g/mol. The molecule has 2 aromatic heterocycles. The summed E-state index contributed by atoms with van der Waals surface area (Å²) in [5, 5.41) is 6.39. The van der Waals surface area contributed by atoms with Gasteiger partial charge in [0.1, 0.15) is 11.6 Å². The van der Waals surface area contributed by atoms with Crippen molar-refractivity contribution in [2.24, 2.45) is 0 Å². The Bertz CT molecular complexity index is 1290. The molecule has 0 spiro atoms. The zero-order valence-corrected chi connectivity index (χ0v) is 19.5. The Balaban J connectivity index is 1.45. The van der Waals surface area contributed by atoms with E-state index in [9.17, 15) is 4.79 Å². The first kappa shape index (κ1) is 21.4. The first-order chi connectivity index (χ1) is 16.0. The van der Waals surface area contributed by atoms with Crippen LogP contribution in [0.25, 0.3) is 16.7 Å². The van der Waals surface area contributed by atoms with Crippen molar-refractivity contribution in [3.05, 3.63) is 76.7 Å². The minimum absolute atomic E-state index is 0.0291. The third-order valence-electron chi connectivity index (χ3n) is 6.00. The number of carbonyl (C=O) groups excluding carboxylic acids is 1. The normalized spacial score (nSPS) is 14.2. The van der Waals surface area contributed by atoms with Crippen LogP contribution in [0.15, 0.2) is 54.6 Å². The lowest BCUT2D eigenvalue weighted by atomic mass is 10.1. The van der Waals surface area contributed by atoms with Crippen molar-refractivity contribution < 1.29 is 4.79 Å². The van der Waals surface area contributed by atoms with Gasteiger partial charge in [0.05, 0.1) is 16.8 Å². The van der Waals surface area contributed by atoms with Crippen molar-refractivity contribution in [2.45, 2.75) is 20.3 Å². The number of nitrogens with zero attached hydrogens (tertiary/aromatic N) is 6. The minimum Gasteiger partial charge on any atom is -0.352 e. The molecule has 1 saturated heterocycles. The third-order valence-corrected chi connectivity index (χ3v) is 6.26. The summed E-state index contributed by atoms with van der Waals surface area (Å²) in [4.78, 5) is 26.8. The van der Waals surface area contributed by atoms with Crippen LogP contribution in [0.3, 0.4) is 0 Å². The fourth-order valence-corrected chi connectivity index (χ4v) is 4.36. The Labute approximate surface area is 197 Å². The summed E-state index contributed by atoms with van der Waals surface area (Å²) in [5.74, 6) is 1.71. The van der Waals surface area contributed by atoms with Crippen LogP contribution >= 0.6 is 11.6 Å². The van der Waals surface area contributed by atoms with Gasteiger partial charge in [-0.15, -0.1) is 0 Å². The first-order valence-corrected chi connectivity index (χ1v) is 11.5. The minimum atomic E-state index is 0.0291. The van der Waals surface area contributed by atoms with Gasteiger partial charge < -0.3 is 9.80 Å². The molecule has 0 N–H and O–H groups in total. The number of halogens is 1. The number of anilines is 1. The largest absolute Gasteiger partial charge is 0.352 e. The second-order valence-corrected chi connectivity index (χ2v) is 8.57. The van der Waals surface area contributed by atoms with Gasteiger partial charge in [-0.1, -0.05) is 36.7 Å². The highest BCUT2D eigenvalue weighted by Crippen LogP contribution is 2.30. The van der Waals surface area contributed by atoms with Crippen molar-refractivity contribution >= 4 is 34.4 Å². The molecule has 0 radical (unpaired) electrons. The summed E-state index contributed by atoms with van der Waals surface area (Å²) in [5.41, 5.74) is 3.35. The zero-order valence-electron chi connectivity index (χ0n) is 18.7. The predicted molar refractivity (Wildman–Crippen MR) is 130 cm³/mol. The molecule has 2 aromatic carbocycles. The van der Waals surface area contributed by atoms with Crippen LogP contribution in [0, 0.1) is 6.92 Å². The Kier molecular flexibility index (Phi) is 5.72. The number of amides is 1. The van der Waals surface area contributed by atoms with Gasteiger partial charge >= 0.3 is 0 Å². The number of benzene rings is 2. The predicted octanol–water partition coefficient (Wildman–Crippen LogP) is 4.30. The molecule has 1 amide bonds. The summed E-state index contributed by atoms with van der Waals surface area (Å²) >= 11 is 5.96. The fourth-order valence-electron chi connectivity index (χ4n) is 4.24. The molecular formula is C25H25ClN6O. The van der Waals surface area contributed by atoms with E-state index in [1.807, 2.05) is 46.8 Å². The maximum Gasteiger partial charge on any atom is 0.253 e. The molecule has 3 heterocycles. The zero-order chi connectivity index (χ0) is 22.9. The van der Waals surface area contributed by atoms with Crippen molar-refractivity contribution in [1.82, 2.24) is 24.6 Å². The molecule has 4 aromatic rings. The smallest absolute Gasteiger partial charge is 0.253 e. The number of carbonyl (C=O) groups is 1. The number of rotatable bonds is 4. The summed E-state index contributed by atoms with van der Waals surface area (Å²) in [6.07, 6.45) is 0.733. The Hall–Kier alpha value is -3.45. The maximum atomic E-state index is 12.9. The average molecular weight is 461 g/mol. The molecule has 1 fully saturated rings. The molecule has 0 unspecified atom stereocenters. The summed E-state index contributed by atoms with van der Waals surface area (Å²) < 4.78 is 1.90. The molecule has 1 aliphatic heterocycles. The van der Waals surface area contributed by atoms with Crippen LogP contribution in [-0.4, -0.2) is 56.7 Å². The van der Waals surface area contributed by atoms with Crippen LogP contribution in [0.2, 0.25) is 5.02 Å². The molecule has 0 bridgehead atoms. The number of para-hydroxylation sites is 1. The summed E-state index contributed by atoms with van der Waals surface area (Å²) in [6.45, 7) is 6.71. The van der Waals surface area contributed by atoms with E-state index in [0.717, 1.165) is 40.5 Å². The van der Waals surface area contributed by atoms with Crippen LogP contribution < -0.4 is 4.90 Å². The monoisotopic (exact) mass is 460 g/mol. The van der Waals surface area contributed by atoms with Gasteiger partial charge in [0.15, 0.2) is 5.65 Å². The molecule has 168 valence electrons. The molecule has 0 aliphatic carbocycles. The first-order valence-electron chi connectivity index (χ1n) is 11.2. The topological polar surface area (TPSA) is 67.2 Å². The number of hydrogen-bond donors (Lipinski definition) is 0. The number of fused-ring (bicyclic) bond motifs is 1. The van der Waals surface area contributed by atoms with E-state index in [0.29, 0.717) is 36.8 Å². The lowest BCUT2D eigenvalue weighted by Crippen LogP contribution is -2.49. The Morgan fingerprint density at radius 3 is 2.33 bits per heavy atom. The number of piperazine rings is 1. The second kappa shape index (κ2) is 8.83. The molecule has 8 heteroatoms. The van der Waals surface area contributed by atoms with Gasteiger partial charge in [-0.25, -0.2) is 14.6 Å². The van der Waals surface area contributed by atoms with E-state index in [1.165, 1.54) is 0 Å². The standard InChI is InChI=1S/C25H25ClN6O/c1-3-21-27-23(22-17(2)29-32(24(22)28-21)20-7-5-4-6-8-20)30-13-15-31(16-14-30)25(33)18-9-11-19(26)12-10-18/h4-12H,3,13-16H2,1-2H3. The second-order valence-electron chi connectivity index (χ2n) is 8.13. The van der Waals surface area contributed by atoms with Gasteiger partial charge in [0, 0.05) is 43.2 Å². The average Bonchev–Trinajstić information content (AvgIpc) is 3.20. The number of hydrogen-bond acceptors (Lipinski definition) is 5. The molecule has 1 aliphatic rings. The van der Waals surface area contributed by atoms with E-state index in [-0.39, 0.29) is 5.91 Å². The van der Waals surface area contributed by atoms with Crippen molar-refractivity contribution in [2.75, 3.05) is 31.1 Å². The third kappa shape index (κ3) is 4.04. The van der Waals surface area contributed by atoms with Gasteiger partial charge in [-0.3, -0.25) is 4.79 Å². The molecule has 5 rings (SSSR count). The van der Waals surface area contributed by atoms with Crippen molar-refractivity contribution in [3.8, 4) is 5.69 Å². The van der Waals surface area contributed by atoms with Crippen LogP contribution in [0.1, 0.15) is 28.8 Å². The van der Waals surface area contributed by atoms with Crippen LogP contribution in [0.5, 0.6) is 0 Å². The van der Waals surface area contributed by atoms with E-state index >= 15 is 0 Å². The summed E-state index contributed by atoms with van der Waals surface area (Å²) in [7, 11) is 0. The highest BCUT2D eigenvalue weighted by molar-refractivity contribution is 6.30. The molecule has 0 saturated carbocycles.